The molecule has 1 rings (SSSR count). The van der Waals surface area contributed by atoms with Crippen molar-refractivity contribution in [2.24, 2.45) is 17.4 Å². The normalized spacial score (nSPS) is 29.5. The van der Waals surface area contributed by atoms with Crippen molar-refractivity contribution in [1.29, 1.82) is 0 Å². The van der Waals surface area contributed by atoms with Crippen molar-refractivity contribution in [1.82, 2.24) is 10.6 Å². The summed E-state index contributed by atoms with van der Waals surface area (Å²) < 4.78 is 0. The zero-order valence-electron chi connectivity index (χ0n) is 11.3. The lowest BCUT2D eigenvalue weighted by atomic mass is 9.82. The van der Waals surface area contributed by atoms with Crippen molar-refractivity contribution < 1.29 is 0 Å². The summed E-state index contributed by atoms with van der Waals surface area (Å²) in [5.41, 5.74) is 11.0. The third kappa shape index (κ3) is 5.82. The maximum atomic E-state index is 5.52. The maximum Gasteiger partial charge on any atom is 0.0107 e. The summed E-state index contributed by atoms with van der Waals surface area (Å²) in [4.78, 5) is 0. The van der Waals surface area contributed by atoms with Gasteiger partial charge in [-0.1, -0.05) is 6.92 Å². The highest BCUT2D eigenvalue weighted by atomic mass is 15.0. The van der Waals surface area contributed by atoms with Gasteiger partial charge >= 0.3 is 0 Å². The third-order valence-corrected chi connectivity index (χ3v) is 3.80. The monoisotopic (exact) mass is 242 g/mol. The largest absolute Gasteiger partial charge is 0.330 e. The van der Waals surface area contributed by atoms with Gasteiger partial charge in [-0.2, -0.15) is 0 Å². The van der Waals surface area contributed by atoms with E-state index in [1.807, 2.05) is 0 Å². The maximum absolute atomic E-state index is 5.52. The average molecular weight is 242 g/mol. The van der Waals surface area contributed by atoms with Crippen molar-refractivity contribution in [3.05, 3.63) is 0 Å². The van der Waals surface area contributed by atoms with E-state index < -0.39 is 0 Å². The fourth-order valence-corrected chi connectivity index (χ4v) is 2.59. The molecule has 1 aliphatic rings. The van der Waals surface area contributed by atoms with E-state index in [1.54, 1.807) is 0 Å². The molecule has 0 aromatic heterocycles. The summed E-state index contributed by atoms with van der Waals surface area (Å²) in [5.74, 6) is 0.792. The predicted molar refractivity (Wildman–Crippen MR) is 73.9 cm³/mol. The minimum Gasteiger partial charge on any atom is -0.330 e. The molecule has 0 radical (unpaired) electrons. The van der Waals surface area contributed by atoms with E-state index in [9.17, 15) is 0 Å². The van der Waals surface area contributed by atoms with Gasteiger partial charge in [0.1, 0.15) is 0 Å². The van der Waals surface area contributed by atoms with Crippen LogP contribution in [0.15, 0.2) is 0 Å². The number of rotatable bonds is 8. The minimum absolute atomic E-state index is 0.658. The molecule has 4 nitrogen and oxygen atoms in total. The molecule has 1 saturated carbocycles. The lowest BCUT2D eigenvalue weighted by Gasteiger charge is -2.35. The molecular formula is C13H30N4. The van der Waals surface area contributed by atoms with Crippen LogP contribution in [0.1, 0.15) is 39.0 Å². The lowest BCUT2D eigenvalue weighted by molar-refractivity contribution is 0.234. The van der Waals surface area contributed by atoms with Crippen LogP contribution in [0, 0.1) is 5.92 Å². The first-order valence-electron chi connectivity index (χ1n) is 7.14. The van der Waals surface area contributed by atoms with Gasteiger partial charge in [-0.25, -0.2) is 0 Å². The molecule has 0 amide bonds. The molecule has 0 spiro atoms. The summed E-state index contributed by atoms with van der Waals surface area (Å²) in [6.45, 7) is 6.04. The van der Waals surface area contributed by atoms with E-state index in [0.717, 1.165) is 44.9 Å². The first kappa shape index (κ1) is 14.9. The molecular weight excluding hydrogens is 212 g/mol. The van der Waals surface area contributed by atoms with Crippen molar-refractivity contribution in [2.75, 3.05) is 26.2 Å². The van der Waals surface area contributed by atoms with Crippen LogP contribution in [0.5, 0.6) is 0 Å². The molecule has 0 aromatic rings. The number of nitrogens with one attached hydrogen (secondary N) is 2. The van der Waals surface area contributed by atoms with Gasteiger partial charge in [0, 0.05) is 12.1 Å². The van der Waals surface area contributed by atoms with Crippen LogP contribution in [0.2, 0.25) is 0 Å². The minimum atomic E-state index is 0.658. The molecule has 0 bridgehead atoms. The molecule has 3 unspecified atom stereocenters. The van der Waals surface area contributed by atoms with Crippen molar-refractivity contribution in [3.8, 4) is 0 Å². The zero-order valence-corrected chi connectivity index (χ0v) is 11.3. The first-order valence-corrected chi connectivity index (χ1v) is 7.14. The highest BCUT2D eigenvalue weighted by Crippen LogP contribution is 2.24. The molecule has 4 heteroatoms. The Morgan fingerprint density at radius 3 is 2.29 bits per heavy atom. The van der Waals surface area contributed by atoms with Crippen LogP contribution < -0.4 is 22.1 Å². The van der Waals surface area contributed by atoms with E-state index in [4.69, 9.17) is 11.5 Å². The Balaban J connectivity index is 2.21. The Kier molecular flexibility index (Phi) is 7.77. The van der Waals surface area contributed by atoms with Gasteiger partial charge in [-0.05, 0) is 64.2 Å². The Bertz CT molecular complexity index is 186. The molecule has 3 atom stereocenters. The van der Waals surface area contributed by atoms with E-state index in [2.05, 4.69) is 17.6 Å². The summed E-state index contributed by atoms with van der Waals surface area (Å²) in [5, 5.41) is 7.27. The van der Waals surface area contributed by atoms with Crippen LogP contribution in [-0.2, 0) is 0 Å². The van der Waals surface area contributed by atoms with Crippen LogP contribution in [0.3, 0.4) is 0 Å². The van der Waals surface area contributed by atoms with Gasteiger partial charge in [-0.3, -0.25) is 0 Å². The van der Waals surface area contributed by atoms with Gasteiger partial charge in [0.15, 0.2) is 0 Å². The summed E-state index contributed by atoms with van der Waals surface area (Å²) in [6.07, 6.45) is 6.03. The predicted octanol–water partition coefficient (Wildman–Crippen LogP) is 0.420. The van der Waals surface area contributed by atoms with Gasteiger partial charge in [0.05, 0.1) is 0 Å². The molecule has 0 aliphatic heterocycles. The van der Waals surface area contributed by atoms with E-state index >= 15 is 0 Å². The number of hydrogen-bond acceptors (Lipinski definition) is 4. The Labute approximate surface area is 106 Å². The number of nitrogens with two attached hydrogens (primary N) is 2. The van der Waals surface area contributed by atoms with Crippen LogP contribution in [0.4, 0.5) is 0 Å². The molecule has 0 aromatic carbocycles. The molecule has 0 heterocycles. The first-order chi connectivity index (χ1) is 8.27. The number of hydrogen-bond donors (Lipinski definition) is 4. The van der Waals surface area contributed by atoms with Crippen LogP contribution in [0.25, 0.3) is 0 Å². The molecule has 6 N–H and O–H groups in total. The standard InChI is InChI=1S/C13H30N4/c1-11-4-5-12(16-8-2-6-14)10-13(11)17-9-3-7-15/h11-13,16-17H,2-10,14-15H2,1H3. The van der Waals surface area contributed by atoms with Gasteiger partial charge in [-0.15, -0.1) is 0 Å². The van der Waals surface area contributed by atoms with Gasteiger partial charge in [0.2, 0.25) is 0 Å². The Morgan fingerprint density at radius 2 is 1.65 bits per heavy atom. The second-order valence-corrected chi connectivity index (χ2v) is 5.29. The lowest BCUT2D eigenvalue weighted by Crippen LogP contribution is -2.46. The van der Waals surface area contributed by atoms with Crippen molar-refractivity contribution in [3.63, 3.8) is 0 Å². The molecule has 17 heavy (non-hydrogen) atoms. The molecule has 102 valence electrons. The highest BCUT2D eigenvalue weighted by molar-refractivity contribution is 4.86. The zero-order chi connectivity index (χ0) is 12.5. The smallest absolute Gasteiger partial charge is 0.0107 e. The third-order valence-electron chi connectivity index (χ3n) is 3.80. The average Bonchev–Trinajstić information content (AvgIpc) is 2.33. The fraction of sp³-hybridized carbons (Fsp3) is 1.00. The summed E-state index contributed by atoms with van der Waals surface area (Å²) >= 11 is 0. The SMILES string of the molecule is CC1CCC(NCCCN)CC1NCCCN. The Hall–Kier alpha value is -0.160. The van der Waals surface area contributed by atoms with Crippen molar-refractivity contribution >= 4 is 0 Å². The van der Waals surface area contributed by atoms with Gasteiger partial charge in [0.25, 0.3) is 0 Å². The van der Waals surface area contributed by atoms with E-state index in [0.29, 0.717) is 12.1 Å². The molecule has 1 fully saturated rings. The fourth-order valence-electron chi connectivity index (χ4n) is 2.59. The Morgan fingerprint density at radius 1 is 1.00 bits per heavy atom. The highest BCUT2D eigenvalue weighted by Gasteiger charge is 2.26. The van der Waals surface area contributed by atoms with Gasteiger partial charge < -0.3 is 22.1 Å². The second kappa shape index (κ2) is 8.86. The molecule has 1 aliphatic carbocycles. The summed E-state index contributed by atoms with van der Waals surface area (Å²) in [7, 11) is 0. The quantitative estimate of drug-likeness (QED) is 0.465. The summed E-state index contributed by atoms with van der Waals surface area (Å²) in [6, 6.07) is 1.33. The second-order valence-electron chi connectivity index (χ2n) is 5.29. The van der Waals surface area contributed by atoms with Crippen LogP contribution in [-0.4, -0.2) is 38.3 Å². The van der Waals surface area contributed by atoms with Crippen LogP contribution >= 0.6 is 0 Å². The van der Waals surface area contributed by atoms with E-state index in [1.165, 1.54) is 19.3 Å². The topological polar surface area (TPSA) is 76.1 Å². The van der Waals surface area contributed by atoms with Crippen molar-refractivity contribution in [2.45, 2.75) is 51.1 Å². The molecule has 0 saturated heterocycles. The van der Waals surface area contributed by atoms with E-state index in [-0.39, 0.29) is 0 Å².